The van der Waals surface area contributed by atoms with Crippen LogP contribution in [0, 0.1) is 0 Å². The van der Waals surface area contributed by atoms with Crippen molar-refractivity contribution in [2.75, 3.05) is 46.5 Å². The van der Waals surface area contributed by atoms with E-state index >= 15 is 0 Å². The summed E-state index contributed by atoms with van der Waals surface area (Å²) >= 11 is 0. The Balaban J connectivity index is 1.66. The van der Waals surface area contributed by atoms with Crippen LogP contribution in [-0.2, 0) is 9.47 Å². The molecule has 0 spiro atoms. The zero-order valence-corrected chi connectivity index (χ0v) is 15.5. The van der Waals surface area contributed by atoms with Crippen molar-refractivity contribution in [3.8, 4) is 0 Å². The zero-order valence-electron chi connectivity index (χ0n) is 15.5. The van der Waals surface area contributed by atoms with E-state index in [-0.39, 0.29) is 5.60 Å². The van der Waals surface area contributed by atoms with Crippen molar-refractivity contribution in [2.24, 2.45) is 4.99 Å². The third kappa shape index (κ3) is 4.53. The highest BCUT2D eigenvalue weighted by atomic mass is 16.5. The molecule has 2 fully saturated rings. The summed E-state index contributed by atoms with van der Waals surface area (Å²) in [4.78, 5) is 7.33. The van der Waals surface area contributed by atoms with E-state index in [4.69, 9.17) is 14.5 Å². The standard InChI is InChI=1S/C20H31N3O2/c1-3-21-19(22-16-20(24-2)10-13-25-14-11-20)23-12-9-18(15-23)17-7-5-4-6-8-17/h4-8,18H,3,9-16H2,1-2H3,(H,21,22). The van der Waals surface area contributed by atoms with Crippen molar-refractivity contribution in [3.05, 3.63) is 35.9 Å². The molecule has 2 saturated heterocycles. The highest BCUT2D eigenvalue weighted by Crippen LogP contribution is 2.28. The molecule has 5 nitrogen and oxygen atoms in total. The predicted octanol–water partition coefficient (Wildman–Crippen LogP) is 2.64. The van der Waals surface area contributed by atoms with Gasteiger partial charge in [0, 0.05) is 58.7 Å². The van der Waals surface area contributed by atoms with Crippen LogP contribution in [0.2, 0.25) is 0 Å². The maximum atomic E-state index is 5.83. The van der Waals surface area contributed by atoms with E-state index in [2.05, 4.69) is 47.5 Å². The van der Waals surface area contributed by atoms with Gasteiger partial charge in [-0.25, -0.2) is 0 Å². The first-order valence-electron chi connectivity index (χ1n) is 9.47. The Morgan fingerprint density at radius 2 is 2.08 bits per heavy atom. The number of ether oxygens (including phenoxy) is 2. The van der Waals surface area contributed by atoms with E-state index < -0.39 is 0 Å². The van der Waals surface area contributed by atoms with E-state index in [1.54, 1.807) is 7.11 Å². The first kappa shape index (κ1) is 18.2. The monoisotopic (exact) mass is 345 g/mol. The summed E-state index contributed by atoms with van der Waals surface area (Å²) in [6, 6.07) is 10.8. The van der Waals surface area contributed by atoms with Crippen molar-refractivity contribution in [2.45, 2.75) is 37.7 Å². The van der Waals surface area contributed by atoms with Crippen molar-refractivity contribution in [3.63, 3.8) is 0 Å². The number of nitrogens with one attached hydrogen (secondary N) is 1. The Kier molecular flexibility index (Phi) is 6.32. The normalized spacial score (nSPS) is 23.7. The molecule has 3 rings (SSSR count). The summed E-state index contributed by atoms with van der Waals surface area (Å²) in [5.41, 5.74) is 1.26. The first-order valence-corrected chi connectivity index (χ1v) is 9.47. The van der Waals surface area contributed by atoms with Gasteiger partial charge < -0.3 is 19.7 Å². The molecule has 1 N–H and O–H groups in total. The van der Waals surface area contributed by atoms with Gasteiger partial charge in [-0.1, -0.05) is 30.3 Å². The third-order valence-electron chi connectivity index (χ3n) is 5.45. The molecule has 5 heteroatoms. The number of likely N-dealkylation sites (tertiary alicyclic amines) is 1. The Morgan fingerprint density at radius 1 is 1.32 bits per heavy atom. The van der Waals surface area contributed by atoms with Gasteiger partial charge in [0.15, 0.2) is 5.96 Å². The van der Waals surface area contributed by atoms with Crippen molar-refractivity contribution in [1.82, 2.24) is 10.2 Å². The number of hydrogen-bond acceptors (Lipinski definition) is 3. The number of nitrogens with zero attached hydrogens (tertiary/aromatic N) is 2. The molecule has 0 amide bonds. The third-order valence-corrected chi connectivity index (χ3v) is 5.45. The Bertz CT molecular complexity index is 555. The molecule has 2 aliphatic heterocycles. The van der Waals surface area contributed by atoms with Gasteiger partial charge in [-0.15, -0.1) is 0 Å². The fourth-order valence-corrected chi connectivity index (χ4v) is 3.76. The fourth-order valence-electron chi connectivity index (χ4n) is 3.76. The molecular formula is C20H31N3O2. The molecule has 1 atom stereocenters. The second kappa shape index (κ2) is 8.68. The molecule has 0 radical (unpaired) electrons. The van der Waals surface area contributed by atoms with E-state index in [0.717, 1.165) is 51.6 Å². The van der Waals surface area contributed by atoms with Crippen molar-refractivity contribution >= 4 is 5.96 Å². The molecule has 1 aromatic carbocycles. The molecule has 0 aromatic heterocycles. The van der Waals surface area contributed by atoms with Crippen LogP contribution in [0.15, 0.2) is 35.3 Å². The predicted molar refractivity (Wildman–Crippen MR) is 101 cm³/mol. The minimum absolute atomic E-state index is 0.169. The van der Waals surface area contributed by atoms with Crippen LogP contribution in [0.1, 0.15) is 37.7 Å². The zero-order chi connectivity index (χ0) is 17.5. The molecule has 1 unspecified atom stereocenters. The van der Waals surface area contributed by atoms with Gasteiger partial charge in [0.25, 0.3) is 0 Å². The van der Waals surface area contributed by atoms with Crippen LogP contribution in [0.3, 0.4) is 0 Å². The lowest BCUT2D eigenvalue weighted by Crippen LogP contribution is -2.44. The van der Waals surface area contributed by atoms with Crippen LogP contribution in [0.5, 0.6) is 0 Å². The highest BCUT2D eigenvalue weighted by molar-refractivity contribution is 5.80. The number of rotatable bonds is 5. The van der Waals surface area contributed by atoms with Gasteiger partial charge in [0.05, 0.1) is 12.1 Å². The molecule has 0 aliphatic carbocycles. The number of guanidine groups is 1. The SMILES string of the molecule is CCNC(=NCC1(OC)CCOCC1)N1CCC(c2ccccc2)C1. The summed E-state index contributed by atoms with van der Waals surface area (Å²) in [7, 11) is 1.80. The van der Waals surface area contributed by atoms with Gasteiger partial charge in [-0.2, -0.15) is 0 Å². The van der Waals surface area contributed by atoms with Crippen molar-refractivity contribution in [1.29, 1.82) is 0 Å². The van der Waals surface area contributed by atoms with Crippen LogP contribution in [-0.4, -0.2) is 63.0 Å². The minimum atomic E-state index is -0.169. The number of methoxy groups -OCH3 is 1. The quantitative estimate of drug-likeness (QED) is 0.658. The van der Waals surface area contributed by atoms with Gasteiger partial charge in [-0.05, 0) is 18.9 Å². The number of aliphatic imine (C=N–C) groups is 1. The minimum Gasteiger partial charge on any atom is -0.381 e. The first-order chi connectivity index (χ1) is 12.3. The Morgan fingerprint density at radius 3 is 2.76 bits per heavy atom. The smallest absolute Gasteiger partial charge is 0.194 e. The van der Waals surface area contributed by atoms with Crippen molar-refractivity contribution < 1.29 is 9.47 Å². The second-order valence-electron chi connectivity index (χ2n) is 7.01. The molecule has 0 bridgehead atoms. The lowest BCUT2D eigenvalue weighted by molar-refractivity contribution is -0.0829. The molecule has 25 heavy (non-hydrogen) atoms. The molecule has 2 aliphatic rings. The average Bonchev–Trinajstić information content (AvgIpc) is 3.16. The van der Waals surface area contributed by atoms with Gasteiger partial charge in [0.2, 0.25) is 0 Å². The lowest BCUT2D eigenvalue weighted by Gasteiger charge is -2.35. The Hall–Kier alpha value is -1.59. The average molecular weight is 345 g/mol. The van der Waals surface area contributed by atoms with E-state index in [0.29, 0.717) is 12.5 Å². The largest absolute Gasteiger partial charge is 0.381 e. The van der Waals surface area contributed by atoms with Gasteiger partial charge >= 0.3 is 0 Å². The van der Waals surface area contributed by atoms with E-state index in [1.165, 1.54) is 12.0 Å². The van der Waals surface area contributed by atoms with Crippen LogP contribution in [0.25, 0.3) is 0 Å². The molecule has 1 aromatic rings. The van der Waals surface area contributed by atoms with Gasteiger partial charge in [0.1, 0.15) is 0 Å². The number of hydrogen-bond donors (Lipinski definition) is 1. The van der Waals surface area contributed by atoms with Gasteiger partial charge in [-0.3, -0.25) is 4.99 Å². The van der Waals surface area contributed by atoms with Crippen LogP contribution in [0.4, 0.5) is 0 Å². The molecular weight excluding hydrogens is 314 g/mol. The maximum Gasteiger partial charge on any atom is 0.194 e. The number of benzene rings is 1. The summed E-state index contributed by atoms with van der Waals surface area (Å²) in [5, 5.41) is 3.47. The second-order valence-corrected chi connectivity index (χ2v) is 7.01. The van der Waals surface area contributed by atoms with E-state index in [9.17, 15) is 0 Å². The summed E-state index contributed by atoms with van der Waals surface area (Å²) < 4.78 is 11.3. The molecule has 138 valence electrons. The maximum absolute atomic E-state index is 5.83. The Labute approximate surface area is 151 Å². The van der Waals surface area contributed by atoms with Crippen LogP contribution >= 0.6 is 0 Å². The van der Waals surface area contributed by atoms with Crippen LogP contribution < -0.4 is 5.32 Å². The lowest BCUT2D eigenvalue weighted by atomic mass is 9.94. The highest BCUT2D eigenvalue weighted by Gasteiger charge is 2.33. The molecule has 2 heterocycles. The molecule has 0 saturated carbocycles. The summed E-state index contributed by atoms with van der Waals surface area (Å²) in [5.74, 6) is 1.60. The summed E-state index contributed by atoms with van der Waals surface area (Å²) in [6.45, 7) is 7.31. The topological polar surface area (TPSA) is 46.1 Å². The fraction of sp³-hybridized carbons (Fsp3) is 0.650. The summed E-state index contributed by atoms with van der Waals surface area (Å²) in [6.07, 6.45) is 3.01. The van der Waals surface area contributed by atoms with E-state index in [1.807, 2.05) is 0 Å².